The van der Waals surface area contributed by atoms with Crippen LogP contribution in [-0.4, -0.2) is 33.0 Å². The molecular weight excluding hydrogens is 228 g/mol. The van der Waals surface area contributed by atoms with Gasteiger partial charge in [0.25, 0.3) is 5.91 Å². The first kappa shape index (κ1) is 12.3. The van der Waals surface area contributed by atoms with Gasteiger partial charge in [-0.25, -0.2) is 19.6 Å². The maximum Gasteiger partial charge on any atom is 0.328 e. The second-order valence-electron chi connectivity index (χ2n) is 2.74. The molecule has 17 heavy (non-hydrogen) atoms. The van der Waals surface area contributed by atoms with E-state index in [1.165, 1.54) is 18.7 Å². The summed E-state index contributed by atoms with van der Waals surface area (Å²) in [6.45, 7) is 0. The predicted molar refractivity (Wildman–Crippen MR) is 56.0 cm³/mol. The molecule has 3 amide bonds. The number of aromatic nitrogens is 2. The Hall–Kier alpha value is -2.77. The van der Waals surface area contributed by atoms with E-state index in [0.717, 1.165) is 6.08 Å². The highest BCUT2D eigenvalue weighted by molar-refractivity contribution is 6.06. The third-order valence-electron chi connectivity index (χ3n) is 1.43. The third kappa shape index (κ3) is 5.02. The highest BCUT2D eigenvalue weighted by Crippen LogP contribution is 1.98. The summed E-state index contributed by atoms with van der Waals surface area (Å²) in [6, 6.07) is -0.806. The summed E-state index contributed by atoms with van der Waals surface area (Å²) < 4.78 is 0. The van der Waals surface area contributed by atoms with Gasteiger partial charge in [-0.15, -0.1) is 0 Å². The van der Waals surface area contributed by atoms with Gasteiger partial charge in [-0.2, -0.15) is 0 Å². The number of aliphatic carboxylic acids is 1. The number of rotatable bonds is 3. The van der Waals surface area contributed by atoms with Crippen molar-refractivity contribution in [1.82, 2.24) is 15.3 Å². The Balaban J connectivity index is 2.45. The second kappa shape index (κ2) is 5.95. The van der Waals surface area contributed by atoms with E-state index in [4.69, 9.17) is 5.11 Å². The molecule has 0 bridgehead atoms. The van der Waals surface area contributed by atoms with Crippen LogP contribution < -0.4 is 10.6 Å². The molecule has 3 N–H and O–H groups in total. The molecule has 88 valence electrons. The highest BCUT2D eigenvalue weighted by Gasteiger charge is 2.05. The van der Waals surface area contributed by atoms with Crippen LogP contribution in [0, 0.1) is 0 Å². The van der Waals surface area contributed by atoms with Crippen molar-refractivity contribution < 1.29 is 19.5 Å². The van der Waals surface area contributed by atoms with Crippen LogP contribution in [0.5, 0.6) is 0 Å². The van der Waals surface area contributed by atoms with Crippen molar-refractivity contribution in [2.75, 3.05) is 5.32 Å². The number of carbonyl (C=O) groups excluding carboxylic acids is 2. The molecule has 8 heteroatoms. The molecule has 0 aliphatic rings. The largest absolute Gasteiger partial charge is 0.478 e. The van der Waals surface area contributed by atoms with Crippen LogP contribution >= 0.6 is 0 Å². The summed E-state index contributed by atoms with van der Waals surface area (Å²) in [4.78, 5) is 39.6. The van der Waals surface area contributed by atoms with Gasteiger partial charge < -0.3 is 10.4 Å². The summed E-state index contributed by atoms with van der Waals surface area (Å²) in [7, 11) is 0. The van der Waals surface area contributed by atoms with E-state index in [1.54, 1.807) is 0 Å². The van der Waals surface area contributed by atoms with Crippen LogP contribution in [-0.2, 0) is 9.59 Å². The number of carboxylic acid groups (broad SMARTS) is 1. The average molecular weight is 236 g/mol. The van der Waals surface area contributed by atoms with Crippen molar-refractivity contribution in [2.24, 2.45) is 0 Å². The van der Waals surface area contributed by atoms with Crippen LogP contribution in [0.4, 0.5) is 10.5 Å². The number of urea groups is 1. The number of imide groups is 1. The van der Waals surface area contributed by atoms with Crippen LogP contribution in [0.25, 0.3) is 0 Å². The number of nitrogens with zero attached hydrogens (tertiary/aromatic N) is 2. The standard InChI is InChI=1S/C9H8N4O4/c14-7(1-2-8(15)16)13-9(17)12-6-3-10-5-11-4-6/h1-5H,(H,15,16)(H2,12,13,14,17)/b2-1+. The van der Waals surface area contributed by atoms with Crippen molar-refractivity contribution in [1.29, 1.82) is 0 Å². The van der Waals surface area contributed by atoms with E-state index < -0.39 is 17.9 Å². The van der Waals surface area contributed by atoms with E-state index in [1.807, 2.05) is 5.32 Å². The Kier molecular flexibility index (Phi) is 4.31. The topological polar surface area (TPSA) is 121 Å². The highest BCUT2D eigenvalue weighted by atomic mass is 16.4. The lowest BCUT2D eigenvalue weighted by Crippen LogP contribution is -2.33. The molecule has 8 nitrogen and oxygen atoms in total. The monoisotopic (exact) mass is 236 g/mol. The van der Waals surface area contributed by atoms with Crippen molar-refractivity contribution in [3.63, 3.8) is 0 Å². The molecule has 0 saturated heterocycles. The van der Waals surface area contributed by atoms with E-state index in [-0.39, 0.29) is 0 Å². The van der Waals surface area contributed by atoms with Crippen molar-refractivity contribution >= 4 is 23.6 Å². The van der Waals surface area contributed by atoms with E-state index in [2.05, 4.69) is 15.3 Å². The van der Waals surface area contributed by atoms with E-state index >= 15 is 0 Å². The normalized spacial score (nSPS) is 9.88. The molecule has 0 radical (unpaired) electrons. The number of carbonyl (C=O) groups is 3. The quantitative estimate of drug-likeness (QED) is 0.623. The SMILES string of the molecule is O=C(O)/C=C/C(=O)NC(=O)Nc1cncnc1. The molecule has 1 aromatic rings. The minimum Gasteiger partial charge on any atom is -0.478 e. The lowest BCUT2D eigenvalue weighted by atomic mass is 10.4. The molecule has 0 aromatic carbocycles. The van der Waals surface area contributed by atoms with Gasteiger partial charge in [0.15, 0.2) is 0 Å². The summed E-state index contributed by atoms with van der Waals surface area (Å²) >= 11 is 0. The van der Waals surface area contributed by atoms with Gasteiger partial charge in [0, 0.05) is 12.2 Å². The van der Waals surface area contributed by atoms with Gasteiger partial charge in [0.05, 0.1) is 18.1 Å². The number of carboxylic acids is 1. The zero-order valence-corrected chi connectivity index (χ0v) is 8.45. The molecule has 0 unspecified atom stereocenters. The molecule has 0 aliphatic carbocycles. The van der Waals surface area contributed by atoms with Crippen LogP contribution in [0.3, 0.4) is 0 Å². The van der Waals surface area contributed by atoms with Crippen LogP contribution in [0.2, 0.25) is 0 Å². The molecule has 1 aromatic heterocycles. The van der Waals surface area contributed by atoms with Gasteiger partial charge >= 0.3 is 12.0 Å². The molecule has 0 atom stereocenters. The average Bonchev–Trinajstić information content (AvgIpc) is 2.27. The second-order valence-corrected chi connectivity index (χ2v) is 2.74. The molecular formula is C9H8N4O4. The molecule has 0 saturated carbocycles. The number of nitrogens with one attached hydrogen (secondary N) is 2. The first-order valence-corrected chi connectivity index (χ1v) is 4.36. The number of hydrogen-bond donors (Lipinski definition) is 3. The fourth-order valence-electron chi connectivity index (χ4n) is 0.827. The summed E-state index contributed by atoms with van der Waals surface area (Å²) in [6.07, 6.45) is 5.30. The lowest BCUT2D eigenvalue weighted by Gasteiger charge is -2.03. The summed E-state index contributed by atoms with van der Waals surface area (Å²) in [5.41, 5.74) is 0.306. The Morgan fingerprint density at radius 1 is 1.18 bits per heavy atom. The molecule has 1 rings (SSSR count). The van der Waals surface area contributed by atoms with Crippen LogP contribution in [0.15, 0.2) is 30.9 Å². The zero-order valence-electron chi connectivity index (χ0n) is 8.45. The smallest absolute Gasteiger partial charge is 0.328 e. The Bertz CT molecular complexity index is 457. The van der Waals surface area contributed by atoms with Crippen molar-refractivity contribution in [2.45, 2.75) is 0 Å². The molecule has 0 fully saturated rings. The first-order chi connectivity index (χ1) is 8.08. The molecule has 1 heterocycles. The molecule has 0 aliphatic heterocycles. The van der Waals surface area contributed by atoms with E-state index in [9.17, 15) is 14.4 Å². The van der Waals surface area contributed by atoms with Gasteiger partial charge in [0.1, 0.15) is 6.33 Å². The van der Waals surface area contributed by atoms with Gasteiger partial charge in [0.2, 0.25) is 0 Å². The van der Waals surface area contributed by atoms with Gasteiger partial charge in [-0.3, -0.25) is 10.1 Å². The Labute approximate surface area is 95.4 Å². The Morgan fingerprint density at radius 3 is 2.41 bits per heavy atom. The minimum atomic E-state index is -1.28. The van der Waals surface area contributed by atoms with E-state index in [0.29, 0.717) is 11.8 Å². The number of amides is 3. The zero-order chi connectivity index (χ0) is 12.7. The van der Waals surface area contributed by atoms with Crippen molar-refractivity contribution in [3.05, 3.63) is 30.9 Å². The fraction of sp³-hybridized carbons (Fsp3) is 0. The maximum absolute atomic E-state index is 11.2. The predicted octanol–water partition coefficient (Wildman–Crippen LogP) is -0.235. The summed E-state index contributed by atoms with van der Waals surface area (Å²) in [5.74, 6) is -2.13. The first-order valence-electron chi connectivity index (χ1n) is 4.36. The van der Waals surface area contributed by atoms with Gasteiger partial charge in [-0.05, 0) is 0 Å². The summed E-state index contributed by atoms with van der Waals surface area (Å²) in [5, 5.41) is 12.4. The van der Waals surface area contributed by atoms with Crippen LogP contribution in [0.1, 0.15) is 0 Å². The van der Waals surface area contributed by atoms with Crippen molar-refractivity contribution in [3.8, 4) is 0 Å². The third-order valence-corrected chi connectivity index (χ3v) is 1.43. The number of hydrogen-bond acceptors (Lipinski definition) is 5. The molecule has 0 spiro atoms. The minimum absolute atomic E-state index is 0.306. The number of anilines is 1. The fourth-order valence-corrected chi connectivity index (χ4v) is 0.827. The Morgan fingerprint density at radius 2 is 1.82 bits per heavy atom. The van der Waals surface area contributed by atoms with Gasteiger partial charge in [-0.1, -0.05) is 0 Å². The maximum atomic E-state index is 11.2. The lowest BCUT2D eigenvalue weighted by molar-refractivity contribution is -0.131.